The number of carbonyl (C=O) groups is 2. The molecule has 0 radical (unpaired) electrons. The molecule has 0 unspecified atom stereocenters. The Morgan fingerprint density at radius 1 is 1.06 bits per heavy atom. The van der Waals surface area contributed by atoms with E-state index in [0.717, 1.165) is 12.8 Å². The molecule has 272 valence electrons. The molecule has 0 saturated heterocycles. The molecule has 12 nitrogen and oxygen atoms in total. The number of aliphatic hydroxyl groups excluding tert-OH is 1. The summed E-state index contributed by atoms with van der Waals surface area (Å²) in [5.74, 6) is 0.236. The zero-order valence-corrected chi connectivity index (χ0v) is 30.7. The van der Waals surface area contributed by atoms with Crippen LogP contribution in [0.4, 0.5) is 16.2 Å². The van der Waals surface area contributed by atoms with E-state index in [-0.39, 0.29) is 42.2 Å². The van der Waals surface area contributed by atoms with Crippen molar-refractivity contribution >= 4 is 44.9 Å². The lowest BCUT2D eigenvalue weighted by Gasteiger charge is -2.35. The van der Waals surface area contributed by atoms with Crippen molar-refractivity contribution in [3.05, 3.63) is 77.3 Å². The molecule has 3 aromatic carbocycles. The summed E-state index contributed by atoms with van der Waals surface area (Å²) in [7, 11) is -0.801. The van der Waals surface area contributed by atoms with E-state index in [0.29, 0.717) is 40.9 Å². The summed E-state index contributed by atoms with van der Waals surface area (Å²) in [6.45, 7) is 5.80. The molecule has 3 aromatic rings. The number of ether oxygens (including phenoxy) is 3. The van der Waals surface area contributed by atoms with Gasteiger partial charge in [0.05, 0.1) is 42.4 Å². The van der Waals surface area contributed by atoms with Crippen LogP contribution in [0.15, 0.2) is 71.6 Å². The first kappa shape index (κ1) is 38.9. The highest BCUT2D eigenvalue weighted by Crippen LogP contribution is 2.29. The van der Waals surface area contributed by atoms with Gasteiger partial charge in [-0.15, -0.1) is 0 Å². The summed E-state index contributed by atoms with van der Waals surface area (Å²) < 4.78 is 45.9. The van der Waals surface area contributed by atoms with Gasteiger partial charge < -0.3 is 34.9 Å². The number of nitrogens with zero attached hydrogens (tertiary/aromatic N) is 2. The summed E-state index contributed by atoms with van der Waals surface area (Å²) in [5.41, 5.74) is 1.12. The van der Waals surface area contributed by atoms with Crippen molar-refractivity contribution < 1.29 is 37.3 Å². The van der Waals surface area contributed by atoms with E-state index in [1.807, 2.05) is 13.8 Å². The minimum Gasteiger partial charge on any atom is -0.497 e. The van der Waals surface area contributed by atoms with Gasteiger partial charge >= 0.3 is 6.03 Å². The summed E-state index contributed by atoms with van der Waals surface area (Å²) in [6, 6.07) is 16.6. The number of nitrogens with one attached hydrogen (secondary N) is 2. The fraction of sp³-hybridized carbons (Fsp3) is 0.444. The first-order chi connectivity index (χ1) is 23.8. The molecule has 4 rings (SSSR count). The number of urea groups is 1. The van der Waals surface area contributed by atoms with Crippen LogP contribution in [0.5, 0.6) is 11.5 Å². The number of likely N-dealkylation sites (N-methyl/N-ethyl adjacent to an activating group) is 1. The third kappa shape index (κ3) is 10.3. The predicted octanol–water partition coefficient (Wildman–Crippen LogP) is 6.11. The van der Waals surface area contributed by atoms with E-state index < -0.39 is 34.1 Å². The van der Waals surface area contributed by atoms with Crippen LogP contribution in [-0.4, -0.2) is 93.4 Å². The van der Waals surface area contributed by atoms with Gasteiger partial charge in [-0.3, -0.25) is 4.79 Å². The second-order valence-corrected chi connectivity index (χ2v) is 15.0. The Labute approximate surface area is 299 Å². The van der Waals surface area contributed by atoms with Crippen molar-refractivity contribution in [1.82, 2.24) is 9.21 Å². The van der Waals surface area contributed by atoms with Crippen molar-refractivity contribution in [3.8, 4) is 11.5 Å². The number of aliphatic hydroxyl groups is 1. The molecule has 50 heavy (non-hydrogen) atoms. The standard InChI is InChI=1S/C36H47ClN4O8S/c1-24-21-41(25(2)23-42)35(43)32-20-29(39-36(44)38-28-11-14-30(47-5)15-12-28)13-18-33(32)49-26(3)8-6-7-19-48-34(24)22-40(4)50(45,46)31-16-9-27(37)10-17-31/h9-18,20,24-26,34,42H,6-8,19,21-23H2,1-5H3,(H2,38,39,44)/t24-,25-,26-,34-/m1/s1. The number of halogens is 1. The molecule has 3 N–H and O–H groups in total. The van der Waals surface area contributed by atoms with Crippen molar-refractivity contribution in [2.24, 2.45) is 5.92 Å². The Bertz CT molecular complexity index is 1690. The highest BCUT2D eigenvalue weighted by molar-refractivity contribution is 7.89. The van der Waals surface area contributed by atoms with Crippen LogP contribution in [0, 0.1) is 5.92 Å². The topological polar surface area (TPSA) is 147 Å². The number of hydrogen-bond donors (Lipinski definition) is 3. The van der Waals surface area contributed by atoms with Crippen molar-refractivity contribution in [2.45, 2.75) is 63.2 Å². The average molecular weight is 731 g/mol. The van der Waals surface area contributed by atoms with Crippen LogP contribution in [0.2, 0.25) is 5.02 Å². The Hall–Kier alpha value is -3.88. The normalized spacial score (nSPS) is 19.9. The zero-order chi connectivity index (χ0) is 36.4. The summed E-state index contributed by atoms with van der Waals surface area (Å²) >= 11 is 5.99. The lowest BCUT2D eigenvalue weighted by atomic mass is 10.0. The molecule has 1 aliphatic rings. The molecular formula is C36H47ClN4O8S. The zero-order valence-electron chi connectivity index (χ0n) is 29.1. The Kier molecular flexibility index (Phi) is 13.9. The number of fused-ring (bicyclic) bond motifs is 1. The molecular weight excluding hydrogens is 684 g/mol. The van der Waals surface area contributed by atoms with Gasteiger partial charge in [-0.2, -0.15) is 4.31 Å². The number of carbonyl (C=O) groups excluding carboxylic acids is 2. The van der Waals surface area contributed by atoms with Crippen LogP contribution >= 0.6 is 11.6 Å². The van der Waals surface area contributed by atoms with E-state index in [9.17, 15) is 23.1 Å². The van der Waals surface area contributed by atoms with E-state index in [2.05, 4.69) is 10.6 Å². The summed E-state index contributed by atoms with van der Waals surface area (Å²) in [6.07, 6.45) is 1.37. The number of amides is 3. The maximum absolute atomic E-state index is 14.4. The van der Waals surface area contributed by atoms with Gasteiger partial charge in [0.2, 0.25) is 10.0 Å². The van der Waals surface area contributed by atoms with Gasteiger partial charge in [0.25, 0.3) is 5.91 Å². The maximum atomic E-state index is 14.4. The van der Waals surface area contributed by atoms with E-state index in [4.69, 9.17) is 25.8 Å². The molecule has 0 saturated carbocycles. The van der Waals surface area contributed by atoms with E-state index >= 15 is 0 Å². The van der Waals surface area contributed by atoms with Gasteiger partial charge in [-0.05, 0) is 99.8 Å². The predicted molar refractivity (Wildman–Crippen MR) is 194 cm³/mol. The van der Waals surface area contributed by atoms with Gasteiger partial charge in [-0.25, -0.2) is 13.2 Å². The second kappa shape index (κ2) is 17.9. The SMILES string of the molecule is COc1ccc(NC(=O)Nc2ccc3c(c2)C(=O)N([C@H](C)CO)C[C@@H](C)[C@@H](CN(C)S(=O)(=O)c2ccc(Cl)cc2)OCCCC[C@@H](C)O3)cc1. The smallest absolute Gasteiger partial charge is 0.323 e. The third-order valence-electron chi connectivity index (χ3n) is 8.62. The fourth-order valence-corrected chi connectivity index (χ4v) is 6.88. The largest absolute Gasteiger partial charge is 0.497 e. The number of benzene rings is 3. The molecule has 1 aliphatic heterocycles. The van der Waals surface area contributed by atoms with E-state index in [1.165, 1.54) is 40.5 Å². The number of rotatable bonds is 9. The van der Waals surface area contributed by atoms with Crippen LogP contribution < -0.4 is 20.1 Å². The molecule has 0 bridgehead atoms. The third-order valence-corrected chi connectivity index (χ3v) is 10.7. The van der Waals surface area contributed by atoms with Crippen molar-refractivity contribution in [1.29, 1.82) is 0 Å². The number of anilines is 2. The van der Waals surface area contributed by atoms with Gasteiger partial charge in [0, 0.05) is 49.1 Å². The van der Waals surface area contributed by atoms with Gasteiger partial charge in [0.1, 0.15) is 11.5 Å². The molecule has 1 heterocycles. The Morgan fingerprint density at radius 2 is 1.72 bits per heavy atom. The molecule has 4 atom stereocenters. The quantitative estimate of drug-likeness (QED) is 0.239. The highest BCUT2D eigenvalue weighted by atomic mass is 35.5. The Balaban J connectivity index is 1.61. The molecule has 0 spiro atoms. The molecule has 0 aliphatic carbocycles. The lowest BCUT2D eigenvalue weighted by Crippen LogP contribution is -2.48. The van der Waals surface area contributed by atoms with Gasteiger partial charge in [-0.1, -0.05) is 18.5 Å². The molecule has 0 aromatic heterocycles. The maximum Gasteiger partial charge on any atom is 0.323 e. The monoisotopic (exact) mass is 730 g/mol. The Morgan fingerprint density at radius 3 is 2.38 bits per heavy atom. The second-order valence-electron chi connectivity index (χ2n) is 12.6. The van der Waals surface area contributed by atoms with Crippen LogP contribution in [0.3, 0.4) is 0 Å². The van der Waals surface area contributed by atoms with Crippen molar-refractivity contribution in [3.63, 3.8) is 0 Å². The minimum absolute atomic E-state index is 0.0368. The van der Waals surface area contributed by atoms with Crippen LogP contribution in [0.25, 0.3) is 0 Å². The first-order valence-corrected chi connectivity index (χ1v) is 18.4. The fourth-order valence-electron chi connectivity index (χ4n) is 5.57. The number of hydrogen-bond acceptors (Lipinski definition) is 8. The lowest BCUT2D eigenvalue weighted by molar-refractivity contribution is -0.00833. The molecule has 0 fully saturated rings. The number of sulfonamides is 1. The van der Waals surface area contributed by atoms with Crippen molar-refractivity contribution in [2.75, 3.05) is 51.1 Å². The molecule has 14 heteroatoms. The van der Waals surface area contributed by atoms with Crippen LogP contribution in [-0.2, 0) is 14.8 Å². The summed E-state index contributed by atoms with van der Waals surface area (Å²) in [4.78, 5) is 28.9. The number of methoxy groups -OCH3 is 1. The van der Waals surface area contributed by atoms with Crippen LogP contribution in [0.1, 0.15) is 50.4 Å². The minimum atomic E-state index is -3.86. The molecule has 3 amide bonds. The first-order valence-electron chi connectivity index (χ1n) is 16.6. The van der Waals surface area contributed by atoms with E-state index in [1.54, 1.807) is 56.5 Å². The van der Waals surface area contributed by atoms with Gasteiger partial charge in [0.15, 0.2) is 0 Å². The summed E-state index contributed by atoms with van der Waals surface area (Å²) in [5, 5.41) is 16.2. The average Bonchev–Trinajstić information content (AvgIpc) is 3.09. The highest BCUT2D eigenvalue weighted by Gasteiger charge is 2.32.